The molecule has 10 atom stereocenters. The molecule has 2 N–H and O–H groups in total. The predicted molar refractivity (Wildman–Crippen MR) is 133 cm³/mol. The molecule has 0 saturated heterocycles. The van der Waals surface area contributed by atoms with E-state index in [1.165, 1.54) is 31.3 Å². The Kier molecular flexibility index (Phi) is 5.15. The molecule has 3 heteroatoms. The van der Waals surface area contributed by atoms with Gasteiger partial charge in [-0.3, -0.25) is 4.79 Å². The number of aliphatic hydroxyl groups excluding tert-OH is 1. The number of aliphatic carboxylic acids is 1. The van der Waals surface area contributed by atoms with E-state index in [9.17, 15) is 15.0 Å². The van der Waals surface area contributed by atoms with Crippen LogP contribution in [0, 0.1) is 56.7 Å². The highest BCUT2D eigenvalue weighted by atomic mass is 16.4. The van der Waals surface area contributed by atoms with Gasteiger partial charge in [-0.15, -0.1) is 0 Å². The van der Waals surface area contributed by atoms with Crippen LogP contribution in [0.15, 0.2) is 12.2 Å². The fourth-order valence-corrected chi connectivity index (χ4v) is 11.5. The van der Waals surface area contributed by atoms with Gasteiger partial charge in [0.2, 0.25) is 0 Å². The Balaban J connectivity index is 1.57. The van der Waals surface area contributed by atoms with Crippen LogP contribution in [0.3, 0.4) is 0 Å². The summed E-state index contributed by atoms with van der Waals surface area (Å²) in [6, 6.07) is 0. The Hall–Kier alpha value is -0.830. The van der Waals surface area contributed by atoms with Gasteiger partial charge in [0.15, 0.2) is 0 Å². The smallest absolute Gasteiger partial charge is 0.309 e. The molecule has 3 nitrogen and oxygen atoms in total. The minimum atomic E-state index is -0.538. The topological polar surface area (TPSA) is 57.5 Å². The van der Waals surface area contributed by atoms with Gasteiger partial charge in [-0.25, -0.2) is 0 Å². The third-order valence-corrected chi connectivity index (χ3v) is 13.5. The van der Waals surface area contributed by atoms with Crippen molar-refractivity contribution in [3.05, 3.63) is 12.2 Å². The van der Waals surface area contributed by atoms with E-state index in [4.69, 9.17) is 0 Å². The summed E-state index contributed by atoms with van der Waals surface area (Å²) in [6.07, 6.45) is 10.5. The molecule has 5 rings (SSSR count). The van der Waals surface area contributed by atoms with Gasteiger partial charge < -0.3 is 10.2 Å². The van der Waals surface area contributed by atoms with Gasteiger partial charge in [0, 0.05) is 0 Å². The molecule has 5 aliphatic carbocycles. The fourth-order valence-electron chi connectivity index (χ4n) is 11.5. The molecule has 0 aromatic carbocycles. The number of fused-ring (bicyclic) bond motifs is 7. The summed E-state index contributed by atoms with van der Waals surface area (Å²) in [4.78, 5) is 12.8. The molecular formula is C30H48O3. The van der Waals surface area contributed by atoms with Gasteiger partial charge in [-0.2, -0.15) is 0 Å². The van der Waals surface area contributed by atoms with Gasteiger partial charge in [0.05, 0.1) is 11.5 Å². The van der Waals surface area contributed by atoms with E-state index in [1.807, 2.05) is 0 Å². The normalized spacial score (nSPS) is 55.0. The average molecular weight is 457 g/mol. The standard InChI is InChI=1S/C30H48O3/c1-18(2)19-10-15-30(25(32)33)17-16-28(6)20(24(19)30)8-9-22-27(5)13-12-23(31)26(3,4)21(27)11-14-29(22,28)7/h19-24,31H,1,8-17H2,2-7H3,(H,32,33)/t19-,20+,21+,22+,23+,24+,27-,28+,29+,30-/m1/s1. The first-order chi connectivity index (χ1) is 15.3. The molecule has 33 heavy (non-hydrogen) atoms. The predicted octanol–water partition coefficient (Wildman–Crippen LogP) is 7.09. The summed E-state index contributed by atoms with van der Waals surface area (Å²) in [6.45, 7) is 18.8. The second-order valence-corrected chi connectivity index (χ2v) is 14.5. The van der Waals surface area contributed by atoms with E-state index in [0.29, 0.717) is 23.7 Å². The van der Waals surface area contributed by atoms with Gasteiger partial charge in [-0.05, 0) is 122 Å². The Morgan fingerprint density at radius 2 is 1.52 bits per heavy atom. The minimum Gasteiger partial charge on any atom is -0.481 e. The first-order valence-electron chi connectivity index (χ1n) is 13.8. The second kappa shape index (κ2) is 7.11. The SMILES string of the molecule is C=C(C)[C@H]1CC[C@@]2(C(=O)O)CC[C@@]3(C)[C@@H](CC[C@H]4[C@]5(C)CC[C@H](O)C(C)(C)[C@@H]5CC[C@@]43C)[C@H]12. The van der Waals surface area contributed by atoms with Crippen LogP contribution >= 0.6 is 0 Å². The summed E-state index contributed by atoms with van der Waals surface area (Å²) in [7, 11) is 0. The zero-order valence-corrected chi connectivity index (χ0v) is 22.0. The van der Waals surface area contributed by atoms with Crippen LogP contribution in [0.25, 0.3) is 0 Å². The van der Waals surface area contributed by atoms with Gasteiger partial charge >= 0.3 is 5.97 Å². The van der Waals surface area contributed by atoms with Crippen molar-refractivity contribution in [2.75, 3.05) is 0 Å². The van der Waals surface area contributed by atoms with Crippen molar-refractivity contribution in [1.29, 1.82) is 0 Å². The van der Waals surface area contributed by atoms with Crippen molar-refractivity contribution in [2.24, 2.45) is 56.7 Å². The van der Waals surface area contributed by atoms with Crippen LogP contribution < -0.4 is 0 Å². The van der Waals surface area contributed by atoms with Crippen LogP contribution in [0.4, 0.5) is 0 Å². The first-order valence-corrected chi connectivity index (χ1v) is 13.8. The largest absolute Gasteiger partial charge is 0.481 e. The van der Waals surface area contributed by atoms with Gasteiger partial charge in [0.1, 0.15) is 0 Å². The van der Waals surface area contributed by atoms with Crippen molar-refractivity contribution < 1.29 is 15.0 Å². The Bertz CT molecular complexity index is 861. The molecule has 5 aliphatic rings. The van der Waals surface area contributed by atoms with E-state index in [-0.39, 0.29) is 33.7 Å². The lowest BCUT2D eigenvalue weighted by molar-refractivity contribution is -0.248. The van der Waals surface area contributed by atoms with E-state index in [1.54, 1.807) is 0 Å². The minimum absolute atomic E-state index is 0.0202. The lowest BCUT2D eigenvalue weighted by Crippen LogP contribution is -2.67. The molecule has 0 spiro atoms. The zero-order valence-electron chi connectivity index (χ0n) is 22.0. The number of aliphatic hydroxyl groups is 1. The number of carbonyl (C=O) groups is 1. The summed E-state index contributed by atoms with van der Waals surface area (Å²) in [5, 5.41) is 21.4. The lowest BCUT2D eigenvalue weighted by atomic mass is 9.32. The number of carboxylic acids is 1. The molecule has 0 aliphatic heterocycles. The highest BCUT2D eigenvalue weighted by Gasteiger charge is 2.71. The van der Waals surface area contributed by atoms with E-state index >= 15 is 0 Å². The molecule has 0 heterocycles. The van der Waals surface area contributed by atoms with E-state index < -0.39 is 11.4 Å². The second-order valence-electron chi connectivity index (χ2n) is 14.5. The number of rotatable bonds is 2. The lowest BCUT2D eigenvalue weighted by Gasteiger charge is -2.72. The van der Waals surface area contributed by atoms with Crippen LogP contribution in [-0.4, -0.2) is 22.3 Å². The van der Waals surface area contributed by atoms with Crippen molar-refractivity contribution in [3.63, 3.8) is 0 Å². The van der Waals surface area contributed by atoms with Gasteiger partial charge in [0.25, 0.3) is 0 Å². The summed E-state index contributed by atoms with van der Waals surface area (Å²) in [5.74, 6) is 1.79. The van der Waals surface area contributed by atoms with Crippen LogP contribution in [0.1, 0.15) is 106 Å². The molecule has 0 aromatic rings. The molecule has 0 amide bonds. The highest BCUT2D eigenvalue weighted by Crippen LogP contribution is 2.77. The van der Waals surface area contributed by atoms with E-state index in [0.717, 1.165) is 38.5 Å². The Labute approximate surface area is 201 Å². The van der Waals surface area contributed by atoms with Crippen molar-refractivity contribution in [1.82, 2.24) is 0 Å². The molecule has 0 aromatic heterocycles. The first kappa shape index (κ1) is 23.9. The number of carboxylic acid groups (broad SMARTS) is 1. The Morgan fingerprint density at radius 1 is 0.818 bits per heavy atom. The third-order valence-electron chi connectivity index (χ3n) is 13.5. The molecular weight excluding hydrogens is 408 g/mol. The number of hydrogen-bond donors (Lipinski definition) is 2. The number of hydrogen-bond acceptors (Lipinski definition) is 2. The van der Waals surface area contributed by atoms with Crippen LogP contribution in [0.2, 0.25) is 0 Å². The van der Waals surface area contributed by atoms with E-state index in [2.05, 4.69) is 48.1 Å². The van der Waals surface area contributed by atoms with Gasteiger partial charge in [-0.1, -0.05) is 46.8 Å². The average Bonchev–Trinajstić information content (AvgIpc) is 3.13. The van der Waals surface area contributed by atoms with Crippen molar-refractivity contribution >= 4 is 5.97 Å². The number of allylic oxidation sites excluding steroid dienone is 1. The summed E-state index contributed by atoms with van der Waals surface area (Å²) < 4.78 is 0. The molecule has 5 saturated carbocycles. The van der Waals surface area contributed by atoms with Crippen molar-refractivity contribution in [3.8, 4) is 0 Å². The molecule has 0 radical (unpaired) electrons. The maximum atomic E-state index is 12.8. The monoisotopic (exact) mass is 456 g/mol. The zero-order chi connectivity index (χ0) is 24.2. The highest BCUT2D eigenvalue weighted by molar-refractivity contribution is 5.76. The summed E-state index contributed by atoms with van der Waals surface area (Å²) >= 11 is 0. The quantitative estimate of drug-likeness (QED) is 0.436. The van der Waals surface area contributed by atoms with Crippen LogP contribution in [-0.2, 0) is 4.79 Å². The maximum absolute atomic E-state index is 12.8. The molecule has 5 fully saturated rings. The fraction of sp³-hybridized carbons (Fsp3) is 0.900. The third kappa shape index (κ3) is 2.75. The maximum Gasteiger partial charge on any atom is 0.309 e. The molecule has 186 valence electrons. The summed E-state index contributed by atoms with van der Waals surface area (Å²) in [5.41, 5.74) is 1.35. The van der Waals surface area contributed by atoms with Crippen LogP contribution in [0.5, 0.6) is 0 Å². The van der Waals surface area contributed by atoms with Crippen molar-refractivity contribution in [2.45, 2.75) is 112 Å². The molecule has 0 unspecified atom stereocenters. The molecule has 0 bridgehead atoms. The Morgan fingerprint density at radius 3 is 2.15 bits per heavy atom.